The molecule has 0 atom stereocenters. The number of ether oxygens (including phenoxy) is 1. The number of halogens is 1. The number of hydrogen-bond acceptors (Lipinski definition) is 4. The molecule has 1 aliphatic rings. The van der Waals surface area contributed by atoms with E-state index in [9.17, 15) is 14.0 Å². The molecule has 1 saturated heterocycles. The zero-order valence-electron chi connectivity index (χ0n) is 22.5. The predicted molar refractivity (Wildman–Crippen MR) is 148 cm³/mol. The number of piperidine rings is 1. The lowest BCUT2D eigenvalue weighted by Crippen LogP contribution is -2.41. The summed E-state index contributed by atoms with van der Waals surface area (Å²) in [6.45, 7) is 7.04. The van der Waals surface area contributed by atoms with E-state index in [0.717, 1.165) is 22.2 Å². The summed E-state index contributed by atoms with van der Waals surface area (Å²) in [4.78, 5) is 31.0. The highest BCUT2D eigenvalue weighted by molar-refractivity contribution is 5.95. The molecule has 0 bridgehead atoms. The van der Waals surface area contributed by atoms with Crippen LogP contribution in [0.15, 0.2) is 60.9 Å². The van der Waals surface area contributed by atoms with E-state index in [4.69, 9.17) is 4.74 Å². The average Bonchev–Trinajstić information content (AvgIpc) is 3.53. The van der Waals surface area contributed by atoms with Crippen LogP contribution in [0.25, 0.3) is 16.6 Å². The SMILES string of the molecule is CC(C)(C)OC(=O)N1CCC(c2c(C(=O)NCCc3c[nH]c4ccccc34)cnn2-c2ccc(F)cc2)CC1. The Morgan fingerprint density at radius 1 is 1.10 bits per heavy atom. The maximum absolute atomic E-state index is 13.6. The van der Waals surface area contributed by atoms with Gasteiger partial charge >= 0.3 is 6.09 Å². The molecule has 0 saturated carbocycles. The summed E-state index contributed by atoms with van der Waals surface area (Å²) < 4.78 is 20.9. The molecule has 0 unspecified atom stereocenters. The number of para-hydroxylation sites is 1. The van der Waals surface area contributed by atoms with Crippen molar-refractivity contribution in [3.8, 4) is 5.69 Å². The number of nitrogens with one attached hydrogen (secondary N) is 2. The number of aromatic nitrogens is 3. The summed E-state index contributed by atoms with van der Waals surface area (Å²) in [6, 6.07) is 14.2. The smallest absolute Gasteiger partial charge is 0.410 e. The Bertz CT molecular complexity index is 1460. The number of H-pyrrole nitrogens is 1. The molecular formula is C30H34FN5O3. The van der Waals surface area contributed by atoms with Gasteiger partial charge in [0, 0.05) is 42.7 Å². The molecule has 0 spiro atoms. The molecule has 0 radical (unpaired) electrons. The Morgan fingerprint density at radius 2 is 1.82 bits per heavy atom. The van der Waals surface area contributed by atoms with Gasteiger partial charge in [-0.25, -0.2) is 13.9 Å². The molecule has 8 nitrogen and oxygen atoms in total. The van der Waals surface area contributed by atoms with Gasteiger partial charge in [-0.05, 0) is 75.9 Å². The Kier molecular flexibility index (Phi) is 7.41. The number of rotatable bonds is 6. The number of carbonyl (C=O) groups excluding carboxylic acids is 2. The van der Waals surface area contributed by atoms with E-state index in [1.807, 2.05) is 45.2 Å². The fourth-order valence-corrected chi connectivity index (χ4v) is 5.12. The molecule has 204 valence electrons. The Labute approximate surface area is 227 Å². The number of likely N-dealkylation sites (tertiary alicyclic amines) is 1. The minimum Gasteiger partial charge on any atom is -0.444 e. The van der Waals surface area contributed by atoms with Crippen LogP contribution in [-0.4, -0.2) is 56.9 Å². The second-order valence-electron chi connectivity index (χ2n) is 10.9. The molecule has 5 rings (SSSR count). The molecule has 1 aliphatic heterocycles. The van der Waals surface area contributed by atoms with Crippen molar-refractivity contribution in [2.24, 2.45) is 0 Å². The minimum atomic E-state index is -0.562. The van der Waals surface area contributed by atoms with Crippen molar-refractivity contribution in [3.05, 3.63) is 83.6 Å². The van der Waals surface area contributed by atoms with Crippen LogP contribution < -0.4 is 5.32 Å². The number of aromatic amines is 1. The number of amides is 2. The fourth-order valence-electron chi connectivity index (χ4n) is 5.12. The van der Waals surface area contributed by atoms with Crippen LogP contribution in [0.1, 0.15) is 61.1 Å². The summed E-state index contributed by atoms with van der Waals surface area (Å²) in [5.74, 6) is -0.549. The van der Waals surface area contributed by atoms with Gasteiger partial charge in [0.15, 0.2) is 0 Å². The zero-order valence-corrected chi connectivity index (χ0v) is 22.5. The number of benzene rings is 2. The van der Waals surface area contributed by atoms with Gasteiger partial charge in [0.2, 0.25) is 0 Å². The maximum atomic E-state index is 13.6. The van der Waals surface area contributed by atoms with Gasteiger partial charge in [0.05, 0.1) is 23.1 Å². The number of fused-ring (bicyclic) bond motifs is 1. The van der Waals surface area contributed by atoms with Crippen molar-refractivity contribution in [3.63, 3.8) is 0 Å². The second-order valence-corrected chi connectivity index (χ2v) is 10.9. The van der Waals surface area contributed by atoms with Gasteiger partial charge in [-0.3, -0.25) is 4.79 Å². The van der Waals surface area contributed by atoms with Crippen molar-refractivity contribution < 1.29 is 18.7 Å². The summed E-state index contributed by atoms with van der Waals surface area (Å²) in [6.07, 6.45) is 5.23. The van der Waals surface area contributed by atoms with Crippen molar-refractivity contribution in [2.75, 3.05) is 19.6 Å². The van der Waals surface area contributed by atoms with Gasteiger partial charge in [-0.1, -0.05) is 18.2 Å². The molecule has 9 heteroatoms. The lowest BCUT2D eigenvalue weighted by Gasteiger charge is -2.34. The van der Waals surface area contributed by atoms with E-state index in [-0.39, 0.29) is 23.7 Å². The molecule has 2 aromatic heterocycles. The molecular weight excluding hydrogens is 497 g/mol. The molecule has 2 N–H and O–H groups in total. The van der Waals surface area contributed by atoms with Gasteiger partial charge in [0.1, 0.15) is 11.4 Å². The summed E-state index contributed by atoms with van der Waals surface area (Å²) in [5.41, 5.74) is 3.59. The Morgan fingerprint density at radius 3 is 2.54 bits per heavy atom. The highest BCUT2D eigenvalue weighted by Crippen LogP contribution is 2.33. The van der Waals surface area contributed by atoms with Crippen LogP contribution in [0, 0.1) is 5.82 Å². The minimum absolute atomic E-state index is 0.00870. The first-order valence-electron chi connectivity index (χ1n) is 13.3. The monoisotopic (exact) mass is 531 g/mol. The van der Waals surface area contributed by atoms with Crippen molar-refractivity contribution in [1.82, 2.24) is 25.0 Å². The van der Waals surface area contributed by atoms with E-state index in [1.54, 1.807) is 27.9 Å². The average molecular weight is 532 g/mol. The molecule has 2 amide bonds. The lowest BCUT2D eigenvalue weighted by molar-refractivity contribution is 0.0203. The van der Waals surface area contributed by atoms with E-state index >= 15 is 0 Å². The van der Waals surface area contributed by atoms with Crippen LogP contribution in [-0.2, 0) is 11.2 Å². The Balaban J connectivity index is 1.33. The quantitative estimate of drug-likeness (QED) is 0.340. The van der Waals surface area contributed by atoms with Crippen LogP contribution in [0.5, 0.6) is 0 Å². The summed E-state index contributed by atoms with van der Waals surface area (Å²) >= 11 is 0. The number of carbonyl (C=O) groups is 2. The van der Waals surface area contributed by atoms with Crippen molar-refractivity contribution in [1.29, 1.82) is 0 Å². The fraction of sp³-hybridized carbons (Fsp3) is 0.367. The van der Waals surface area contributed by atoms with Gasteiger partial charge < -0.3 is 19.9 Å². The summed E-state index contributed by atoms with van der Waals surface area (Å²) in [7, 11) is 0. The summed E-state index contributed by atoms with van der Waals surface area (Å²) in [5, 5.41) is 8.74. The third-order valence-electron chi connectivity index (χ3n) is 7.01. The van der Waals surface area contributed by atoms with Crippen LogP contribution in [0.3, 0.4) is 0 Å². The maximum Gasteiger partial charge on any atom is 0.410 e. The first kappa shape index (κ1) is 26.5. The lowest BCUT2D eigenvalue weighted by atomic mass is 9.91. The molecule has 2 aromatic carbocycles. The highest BCUT2D eigenvalue weighted by atomic mass is 19.1. The highest BCUT2D eigenvalue weighted by Gasteiger charge is 2.32. The zero-order chi connectivity index (χ0) is 27.6. The third-order valence-corrected chi connectivity index (χ3v) is 7.01. The van der Waals surface area contributed by atoms with E-state index in [0.29, 0.717) is 50.1 Å². The normalized spacial score (nSPS) is 14.5. The van der Waals surface area contributed by atoms with Crippen molar-refractivity contribution >= 4 is 22.9 Å². The number of nitrogens with zero attached hydrogens (tertiary/aromatic N) is 3. The molecule has 39 heavy (non-hydrogen) atoms. The van der Waals surface area contributed by atoms with Gasteiger partial charge in [0.25, 0.3) is 5.91 Å². The van der Waals surface area contributed by atoms with Crippen LogP contribution in [0.2, 0.25) is 0 Å². The number of hydrogen-bond donors (Lipinski definition) is 2. The van der Waals surface area contributed by atoms with Gasteiger partial charge in [-0.15, -0.1) is 0 Å². The largest absolute Gasteiger partial charge is 0.444 e. The van der Waals surface area contributed by atoms with E-state index in [2.05, 4.69) is 21.5 Å². The van der Waals surface area contributed by atoms with E-state index < -0.39 is 5.60 Å². The third kappa shape index (κ3) is 5.97. The molecule has 4 aromatic rings. The van der Waals surface area contributed by atoms with Crippen LogP contribution in [0.4, 0.5) is 9.18 Å². The van der Waals surface area contributed by atoms with Crippen molar-refractivity contribution in [2.45, 2.75) is 51.6 Å². The standard InChI is InChI=1S/C30H34FN5O3/c1-30(2,3)39-29(38)35-16-13-20(14-17-35)27-25(19-34-36(27)23-10-8-22(31)9-11-23)28(37)32-15-12-21-18-33-26-7-5-4-6-24(21)26/h4-11,18-20,33H,12-17H2,1-3H3,(H,32,37). The first-order valence-corrected chi connectivity index (χ1v) is 13.3. The van der Waals surface area contributed by atoms with E-state index in [1.165, 1.54) is 12.1 Å². The second kappa shape index (κ2) is 10.9. The Hall–Kier alpha value is -4.14. The molecule has 1 fully saturated rings. The predicted octanol–water partition coefficient (Wildman–Crippen LogP) is 5.58. The van der Waals surface area contributed by atoms with Crippen LogP contribution >= 0.6 is 0 Å². The topological polar surface area (TPSA) is 92.2 Å². The van der Waals surface area contributed by atoms with Gasteiger partial charge in [-0.2, -0.15) is 5.10 Å². The molecule has 0 aliphatic carbocycles. The first-order chi connectivity index (χ1) is 18.7. The molecule has 3 heterocycles.